The fourth-order valence-electron chi connectivity index (χ4n) is 3.41. The minimum absolute atomic E-state index is 0.109. The Labute approximate surface area is 201 Å². The Morgan fingerprint density at radius 1 is 1.15 bits per heavy atom. The van der Waals surface area contributed by atoms with Crippen LogP contribution >= 0.6 is 11.8 Å². The first-order chi connectivity index (χ1) is 16.7. The van der Waals surface area contributed by atoms with Crippen molar-refractivity contribution in [3.05, 3.63) is 78.8 Å². The number of para-hydroxylation sites is 1. The first-order valence-corrected chi connectivity index (χ1v) is 11.6. The van der Waals surface area contributed by atoms with Crippen LogP contribution < -0.4 is 4.74 Å². The molecule has 0 spiro atoms. The van der Waals surface area contributed by atoms with Crippen LogP contribution in [0.4, 0.5) is 0 Å². The summed E-state index contributed by atoms with van der Waals surface area (Å²) in [5.74, 6) is 2.08. The number of carbonyl (C=O) groups excluding carboxylic acids is 1. The third kappa shape index (κ3) is 5.47. The molecule has 8 nitrogen and oxygen atoms in total. The second kappa shape index (κ2) is 11.2. The molecule has 9 heteroatoms. The summed E-state index contributed by atoms with van der Waals surface area (Å²) in [4.78, 5) is 14.7. The quantitative estimate of drug-likeness (QED) is 0.311. The number of aromatic nitrogens is 3. The van der Waals surface area contributed by atoms with Gasteiger partial charge >= 0.3 is 0 Å². The van der Waals surface area contributed by atoms with E-state index >= 15 is 0 Å². The molecule has 0 saturated heterocycles. The molecule has 1 amide bonds. The van der Waals surface area contributed by atoms with Crippen LogP contribution in [0, 0.1) is 11.3 Å². The number of amides is 1. The van der Waals surface area contributed by atoms with E-state index in [2.05, 4.69) is 16.3 Å². The molecule has 4 aromatic rings. The van der Waals surface area contributed by atoms with Gasteiger partial charge in [0.25, 0.3) is 0 Å². The Bertz CT molecular complexity index is 1270. The molecular weight excluding hydrogens is 450 g/mol. The van der Waals surface area contributed by atoms with Gasteiger partial charge in [-0.3, -0.25) is 9.36 Å². The molecule has 34 heavy (non-hydrogen) atoms. The predicted octanol–water partition coefficient (Wildman–Crippen LogP) is 4.57. The Hall–Kier alpha value is -4.03. The van der Waals surface area contributed by atoms with Crippen molar-refractivity contribution in [2.75, 3.05) is 19.4 Å². The Balaban J connectivity index is 1.59. The molecule has 0 aliphatic carbocycles. The molecule has 0 N–H and O–H groups in total. The number of benzene rings is 2. The van der Waals surface area contributed by atoms with E-state index in [1.807, 2.05) is 65.2 Å². The van der Waals surface area contributed by atoms with Crippen LogP contribution in [-0.2, 0) is 11.3 Å². The highest BCUT2D eigenvalue weighted by Crippen LogP contribution is 2.30. The van der Waals surface area contributed by atoms with Crippen LogP contribution in [0.1, 0.15) is 12.2 Å². The van der Waals surface area contributed by atoms with Gasteiger partial charge in [-0.1, -0.05) is 42.1 Å². The van der Waals surface area contributed by atoms with Gasteiger partial charge in [-0.15, -0.1) is 10.2 Å². The summed E-state index contributed by atoms with van der Waals surface area (Å²) in [6.07, 6.45) is 1.82. The average molecular weight is 474 g/mol. The molecule has 0 atom stereocenters. The predicted molar refractivity (Wildman–Crippen MR) is 128 cm³/mol. The molecule has 0 aliphatic rings. The summed E-state index contributed by atoms with van der Waals surface area (Å²) in [5.41, 5.74) is 1.74. The molecule has 0 saturated carbocycles. The highest BCUT2D eigenvalue weighted by Gasteiger charge is 2.20. The number of carbonyl (C=O) groups is 1. The minimum Gasteiger partial charge on any atom is -0.497 e. The van der Waals surface area contributed by atoms with E-state index < -0.39 is 0 Å². The monoisotopic (exact) mass is 473 g/mol. The number of hydrogen-bond acceptors (Lipinski definition) is 7. The summed E-state index contributed by atoms with van der Waals surface area (Å²) < 4.78 is 12.7. The lowest BCUT2D eigenvalue weighted by Gasteiger charge is -2.20. The molecular formula is C25H23N5O3S. The Kier molecular flexibility index (Phi) is 7.63. The number of nitriles is 1. The van der Waals surface area contributed by atoms with Gasteiger partial charge < -0.3 is 14.1 Å². The van der Waals surface area contributed by atoms with Crippen LogP contribution in [0.25, 0.3) is 17.1 Å². The van der Waals surface area contributed by atoms with Crippen molar-refractivity contribution in [2.24, 2.45) is 0 Å². The normalized spacial score (nSPS) is 10.6. The molecule has 172 valence electrons. The number of hydrogen-bond donors (Lipinski definition) is 0. The van der Waals surface area contributed by atoms with Crippen LogP contribution in [0.15, 0.2) is 82.6 Å². The smallest absolute Gasteiger partial charge is 0.233 e. The average Bonchev–Trinajstić information content (AvgIpc) is 3.55. The van der Waals surface area contributed by atoms with Crippen molar-refractivity contribution >= 4 is 17.7 Å². The lowest BCUT2D eigenvalue weighted by atomic mass is 10.2. The van der Waals surface area contributed by atoms with E-state index in [1.54, 1.807) is 24.3 Å². The molecule has 0 aliphatic heterocycles. The highest BCUT2D eigenvalue weighted by atomic mass is 32.2. The zero-order valence-electron chi connectivity index (χ0n) is 18.6. The van der Waals surface area contributed by atoms with Gasteiger partial charge in [0.05, 0.1) is 38.2 Å². The highest BCUT2D eigenvalue weighted by molar-refractivity contribution is 7.99. The fraction of sp³-hybridized carbons (Fsp3) is 0.200. The first-order valence-electron chi connectivity index (χ1n) is 10.6. The maximum atomic E-state index is 13.0. The van der Waals surface area contributed by atoms with E-state index in [4.69, 9.17) is 14.4 Å². The number of rotatable bonds is 10. The van der Waals surface area contributed by atoms with Crippen LogP contribution in [0.5, 0.6) is 5.75 Å². The van der Waals surface area contributed by atoms with Crippen molar-refractivity contribution < 1.29 is 13.9 Å². The number of thioether (sulfide) groups is 1. The van der Waals surface area contributed by atoms with E-state index in [-0.39, 0.29) is 18.1 Å². The van der Waals surface area contributed by atoms with Gasteiger partial charge in [-0.2, -0.15) is 5.26 Å². The summed E-state index contributed by atoms with van der Waals surface area (Å²) in [5, 5.41) is 18.4. The molecule has 4 rings (SSSR count). The van der Waals surface area contributed by atoms with E-state index in [9.17, 15) is 4.79 Å². The van der Waals surface area contributed by atoms with Gasteiger partial charge in [0, 0.05) is 17.8 Å². The summed E-state index contributed by atoms with van der Waals surface area (Å²) in [6.45, 7) is 0.644. The maximum Gasteiger partial charge on any atom is 0.233 e. The first kappa shape index (κ1) is 23.1. The van der Waals surface area contributed by atoms with Gasteiger partial charge in [-0.25, -0.2) is 0 Å². The maximum absolute atomic E-state index is 13.0. The minimum atomic E-state index is -0.109. The topological polar surface area (TPSA) is 97.2 Å². The van der Waals surface area contributed by atoms with Crippen LogP contribution in [0.3, 0.4) is 0 Å². The summed E-state index contributed by atoms with van der Waals surface area (Å²) >= 11 is 1.30. The Morgan fingerprint density at radius 3 is 2.74 bits per heavy atom. The van der Waals surface area contributed by atoms with Crippen LogP contribution in [-0.4, -0.2) is 45.0 Å². The van der Waals surface area contributed by atoms with Gasteiger partial charge in [0.15, 0.2) is 11.0 Å². The number of methoxy groups -OCH3 is 1. The third-order valence-corrected chi connectivity index (χ3v) is 5.99. The molecule has 0 radical (unpaired) electrons. The van der Waals surface area contributed by atoms with Crippen molar-refractivity contribution in [3.8, 4) is 28.9 Å². The van der Waals surface area contributed by atoms with Crippen LogP contribution in [0.2, 0.25) is 0 Å². The van der Waals surface area contributed by atoms with Crippen molar-refractivity contribution in [3.63, 3.8) is 0 Å². The molecule has 2 aromatic heterocycles. The lowest BCUT2D eigenvalue weighted by molar-refractivity contribution is -0.129. The SMILES string of the molecule is COc1cccc(-c2nnc(SCC(=O)N(CCC#N)Cc3ccco3)n2-c2ccccc2)c1. The standard InChI is InChI=1S/C25H23N5O3S/c1-32-21-11-5-8-19(16-21)24-27-28-25(30(24)20-9-3-2-4-10-20)34-18-23(31)29(14-7-13-26)17-22-12-6-15-33-22/h2-6,8-12,15-16H,7,14,17-18H2,1H3. The van der Waals surface area contributed by atoms with Gasteiger partial charge in [0.2, 0.25) is 5.91 Å². The van der Waals surface area contributed by atoms with E-state index in [1.165, 1.54) is 11.8 Å². The second-order valence-electron chi connectivity index (χ2n) is 7.30. The zero-order chi connectivity index (χ0) is 23.8. The number of furan rings is 1. The number of nitrogens with zero attached hydrogens (tertiary/aromatic N) is 5. The molecule has 0 bridgehead atoms. The van der Waals surface area contributed by atoms with E-state index in [0.29, 0.717) is 29.8 Å². The van der Waals surface area contributed by atoms with E-state index in [0.717, 1.165) is 17.0 Å². The molecule has 2 aromatic carbocycles. The molecule has 0 fully saturated rings. The lowest BCUT2D eigenvalue weighted by Crippen LogP contribution is -2.32. The van der Waals surface area contributed by atoms with Gasteiger partial charge in [0.1, 0.15) is 11.5 Å². The molecule has 0 unspecified atom stereocenters. The third-order valence-electron chi connectivity index (χ3n) is 5.07. The summed E-state index contributed by atoms with van der Waals surface area (Å²) in [7, 11) is 1.62. The van der Waals surface area contributed by atoms with Crippen molar-refractivity contribution in [1.29, 1.82) is 5.26 Å². The number of ether oxygens (including phenoxy) is 1. The molecule has 2 heterocycles. The largest absolute Gasteiger partial charge is 0.497 e. The fourth-order valence-corrected chi connectivity index (χ4v) is 4.26. The summed E-state index contributed by atoms with van der Waals surface area (Å²) in [6, 6.07) is 23.1. The second-order valence-corrected chi connectivity index (χ2v) is 8.24. The zero-order valence-corrected chi connectivity index (χ0v) is 19.4. The van der Waals surface area contributed by atoms with Crippen molar-refractivity contribution in [2.45, 2.75) is 18.1 Å². The van der Waals surface area contributed by atoms with Crippen molar-refractivity contribution in [1.82, 2.24) is 19.7 Å². The Morgan fingerprint density at radius 2 is 2.00 bits per heavy atom. The van der Waals surface area contributed by atoms with Gasteiger partial charge in [-0.05, 0) is 36.4 Å².